The zero-order valence-corrected chi connectivity index (χ0v) is 14.5. The molecule has 2 aromatic carbocycles. The largest absolute Gasteiger partial charge is 0.231 e. The Bertz CT molecular complexity index is 815. The van der Waals surface area contributed by atoms with Crippen LogP contribution in [-0.4, -0.2) is 9.78 Å². The van der Waals surface area contributed by atoms with Crippen molar-refractivity contribution in [2.75, 3.05) is 0 Å². The Morgan fingerprint density at radius 3 is 2.48 bits per heavy atom. The van der Waals surface area contributed by atoms with E-state index >= 15 is 0 Å². The first-order valence-corrected chi connectivity index (χ1v) is 7.99. The quantitative estimate of drug-likeness (QED) is 0.539. The molecule has 1 heterocycles. The van der Waals surface area contributed by atoms with Crippen LogP contribution in [0.1, 0.15) is 26.5 Å². The van der Waals surface area contributed by atoms with Crippen molar-refractivity contribution in [2.24, 2.45) is 0 Å². The van der Waals surface area contributed by atoms with Gasteiger partial charge in [0.1, 0.15) is 0 Å². The molecule has 2 nitrogen and oxygen atoms in total. The monoisotopic (exact) mass is 362 g/mol. The van der Waals surface area contributed by atoms with E-state index in [1.165, 1.54) is 5.39 Å². The molecule has 0 spiro atoms. The van der Waals surface area contributed by atoms with Crippen molar-refractivity contribution in [3.8, 4) is 5.69 Å². The maximum Gasteiger partial charge on any atom is 0.0850 e. The van der Waals surface area contributed by atoms with Gasteiger partial charge in [0.25, 0.3) is 0 Å². The molecule has 0 aliphatic rings. The van der Waals surface area contributed by atoms with Crippen LogP contribution in [0.5, 0.6) is 0 Å². The third kappa shape index (κ3) is 2.49. The molecule has 0 bridgehead atoms. The molecule has 108 valence electrons. The lowest BCUT2D eigenvalue weighted by atomic mass is 9.90. The lowest BCUT2D eigenvalue weighted by Crippen LogP contribution is -2.13. The number of nitrogens with zero attached hydrogens (tertiary/aromatic N) is 2. The Morgan fingerprint density at radius 2 is 1.76 bits per heavy atom. The highest BCUT2D eigenvalue weighted by Gasteiger charge is 2.23. The van der Waals surface area contributed by atoms with Crippen LogP contribution >= 0.6 is 27.5 Å². The van der Waals surface area contributed by atoms with Crippen molar-refractivity contribution >= 4 is 38.4 Å². The molecule has 3 rings (SSSR count). The summed E-state index contributed by atoms with van der Waals surface area (Å²) in [6, 6.07) is 14.2. The first-order valence-electron chi connectivity index (χ1n) is 6.82. The number of para-hydroxylation sites is 1. The summed E-state index contributed by atoms with van der Waals surface area (Å²) in [7, 11) is 0. The lowest BCUT2D eigenvalue weighted by Gasteiger charge is -2.15. The van der Waals surface area contributed by atoms with E-state index in [9.17, 15) is 0 Å². The Morgan fingerprint density at radius 1 is 1.05 bits per heavy atom. The maximum atomic E-state index is 6.44. The first-order chi connectivity index (χ1) is 9.89. The van der Waals surface area contributed by atoms with Crippen LogP contribution in [0.15, 0.2) is 46.9 Å². The minimum Gasteiger partial charge on any atom is -0.231 e. The van der Waals surface area contributed by atoms with Crippen LogP contribution < -0.4 is 0 Å². The van der Waals surface area contributed by atoms with Crippen LogP contribution in [-0.2, 0) is 5.41 Å². The third-order valence-electron chi connectivity index (χ3n) is 3.46. The summed E-state index contributed by atoms with van der Waals surface area (Å²) in [5.74, 6) is 0. The van der Waals surface area contributed by atoms with Crippen molar-refractivity contribution in [1.29, 1.82) is 0 Å². The molecule has 4 heteroatoms. The Kier molecular flexibility index (Phi) is 3.58. The zero-order valence-electron chi connectivity index (χ0n) is 12.2. The van der Waals surface area contributed by atoms with Crippen molar-refractivity contribution in [1.82, 2.24) is 9.78 Å². The fraction of sp³-hybridized carbons (Fsp3) is 0.235. The van der Waals surface area contributed by atoms with E-state index in [1.807, 2.05) is 35.0 Å². The average Bonchev–Trinajstić information content (AvgIpc) is 2.81. The Balaban J connectivity index is 2.36. The van der Waals surface area contributed by atoms with Gasteiger partial charge in [0.2, 0.25) is 0 Å². The van der Waals surface area contributed by atoms with E-state index in [0.29, 0.717) is 5.02 Å². The molecule has 1 aromatic heterocycles. The normalized spacial score (nSPS) is 12.0. The number of rotatable bonds is 1. The van der Waals surface area contributed by atoms with E-state index in [2.05, 4.69) is 48.8 Å². The fourth-order valence-corrected chi connectivity index (χ4v) is 3.02. The van der Waals surface area contributed by atoms with E-state index in [4.69, 9.17) is 16.7 Å². The third-order valence-corrected chi connectivity index (χ3v) is 4.74. The van der Waals surface area contributed by atoms with Gasteiger partial charge >= 0.3 is 0 Å². The van der Waals surface area contributed by atoms with Crippen molar-refractivity contribution in [2.45, 2.75) is 26.2 Å². The van der Waals surface area contributed by atoms with Crippen LogP contribution in [0, 0.1) is 0 Å². The smallest absolute Gasteiger partial charge is 0.0850 e. The minimum absolute atomic E-state index is 0.0245. The van der Waals surface area contributed by atoms with E-state index < -0.39 is 0 Å². The van der Waals surface area contributed by atoms with Crippen LogP contribution in [0.4, 0.5) is 0 Å². The summed E-state index contributed by atoms with van der Waals surface area (Å²) in [5.41, 5.74) is 3.01. The van der Waals surface area contributed by atoms with Crippen LogP contribution in [0.25, 0.3) is 16.6 Å². The van der Waals surface area contributed by atoms with Gasteiger partial charge in [0.15, 0.2) is 0 Å². The molecule has 0 amide bonds. The van der Waals surface area contributed by atoms with Crippen LogP contribution in [0.2, 0.25) is 5.02 Å². The molecule has 0 saturated carbocycles. The number of hydrogen-bond acceptors (Lipinski definition) is 1. The molecular weight excluding hydrogens is 348 g/mol. The standard InChI is InChI=1S/C17H16BrClN2/c1-17(2,3)16-11-7-4-5-9-13(11)21(20-16)14-10-6-8-12(18)15(14)19/h4-10H,1-3H3. The molecule has 0 atom stereocenters. The molecule has 0 aliphatic carbocycles. The highest BCUT2D eigenvalue weighted by Crippen LogP contribution is 2.34. The number of benzene rings is 2. The summed E-state index contributed by atoms with van der Waals surface area (Å²) in [6.45, 7) is 6.53. The van der Waals surface area contributed by atoms with E-state index in [0.717, 1.165) is 21.4 Å². The highest BCUT2D eigenvalue weighted by molar-refractivity contribution is 9.10. The molecule has 0 aliphatic heterocycles. The van der Waals surface area contributed by atoms with Gasteiger partial charge in [-0.3, -0.25) is 0 Å². The molecule has 0 radical (unpaired) electrons. The number of aromatic nitrogens is 2. The number of fused-ring (bicyclic) bond motifs is 1. The van der Waals surface area contributed by atoms with Gasteiger partial charge in [-0.05, 0) is 34.1 Å². The molecule has 0 unspecified atom stereocenters. The zero-order chi connectivity index (χ0) is 15.2. The molecule has 0 saturated heterocycles. The second-order valence-electron chi connectivity index (χ2n) is 6.10. The summed E-state index contributed by atoms with van der Waals surface area (Å²) < 4.78 is 2.81. The molecule has 0 fully saturated rings. The number of halogens is 2. The van der Waals surface area contributed by atoms with Gasteiger partial charge in [-0.15, -0.1) is 0 Å². The second kappa shape index (κ2) is 5.15. The Labute approximate surface area is 137 Å². The van der Waals surface area contributed by atoms with Gasteiger partial charge in [-0.2, -0.15) is 5.10 Å². The van der Waals surface area contributed by atoms with Gasteiger partial charge in [-0.1, -0.05) is 56.6 Å². The van der Waals surface area contributed by atoms with Gasteiger partial charge in [0, 0.05) is 15.3 Å². The summed E-state index contributed by atoms with van der Waals surface area (Å²) in [4.78, 5) is 0. The van der Waals surface area contributed by atoms with Crippen molar-refractivity contribution < 1.29 is 0 Å². The first kappa shape index (κ1) is 14.6. The molecule has 3 aromatic rings. The molecular formula is C17H16BrClN2. The SMILES string of the molecule is CC(C)(C)c1nn(-c2cccc(Br)c2Cl)c2ccccc12. The van der Waals surface area contributed by atoms with Gasteiger partial charge in [0.05, 0.1) is 21.9 Å². The summed E-state index contributed by atoms with van der Waals surface area (Å²) in [6.07, 6.45) is 0. The second-order valence-corrected chi connectivity index (χ2v) is 7.33. The fourth-order valence-electron chi connectivity index (χ4n) is 2.46. The van der Waals surface area contributed by atoms with Crippen LogP contribution in [0.3, 0.4) is 0 Å². The number of hydrogen-bond donors (Lipinski definition) is 0. The highest BCUT2D eigenvalue weighted by atomic mass is 79.9. The average molecular weight is 364 g/mol. The lowest BCUT2D eigenvalue weighted by molar-refractivity contribution is 0.565. The molecule has 0 N–H and O–H groups in total. The van der Waals surface area contributed by atoms with Gasteiger partial charge < -0.3 is 0 Å². The van der Waals surface area contributed by atoms with Crippen molar-refractivity contribution in [3.63, 3.8) is 0 Å². The topological polar surface area (TPSA) is 17.8 Å². The van der Waals surface area contributed by atoms with E-state index in [-0.39, 0.29) is 5.41 Å². The summed E-state index contributed by atoms with van der Waals surface area (Å²) in [5, 5.41) is 6.68. The van der Waals surface area contributed by atoms with E-state index in [1.54, 1.807) is 0 Å². The predicted molar refractivity (Wildman–Crippen MR) is 92.5 cm³/mol. The maximum absolute atomic E-state index is 6.44. The van der Waals surface area contributed by atoms with Gasteiger partial charge in [-0.25, -0.2) is 4.68 Å². The minimum atomic E-state index is -0.0245. The summed E-state index contributed by atoms with van der Waals surface area (Å²) >= 11 is 9.92. The van der Waals surface area contributed by atoms with Crippen molar-refractivity contribution in [3.05, 3.63) is 57.7 Å². The molecule has 21 heavy (non-hydrogen) atoms. The predicted octanol–water partition coefficient (Wildman–Crippen LogP) is 5.74. The Hall–Kier alpha value is -1.32.